The summed E-state index contributed by atoms with van der Waals surface area (Å²) < 4.78 is 0. The van der Waals surface area contributed by atoms with Gasteiger partial charge in [0.15, 0.2) is 0 Å². The fourth-order valence-corrected chi connectivity index (χ4v) is 3.00. The lowest BCUT2D eigenvalue weighted by molar-refractivity contribution is 0.0580. The van der Waals surface area contributed by atoms with Crippen molar-refractivity contribution in [2.24, 2.45) is 0 Å². The van der Waals surface area contributed by atoms with E-state index in [1.807, 2.05) is 0 Å². The maximum atomic E-state index is 12.8. The van der Waals surface area contributed by atoms with Gasteiger partial charge in [-0.3, -0.25) is 4.79 Å². The number of hydrogen-bond acceptors (Lipinski definition) is 4. The van der Waals surface area contributed by atoms with Crippen molar-refractivity contribution >= 4 is 23.3 Å². The third-order valence-electron chi connectivity index (χ3n) is 3.92. The molecule has 0 bridgehead atoms. The van der Waals surface area contributed by atoms with Gasteiger partial charge in [-0.1, -0.05) is 30.9 Å². The second-order valence-electron chi connectivity index (χ2n) is 5.29. The third-order valence-corrected chi connectivity index (χ3v) is 4.23. The maximum Gasteiger partial charge on any atom is 0.274 e. The molecule has 116 valence electrons. The van der Waals surface area contributed by atoms with Crippen LogP contribution in [0.15, 0.2) is 12.1 Å². The van der Waals surface area contributed by atoms with Gasteiger partial charge in [0.2, 0.25) is 0 Å². The Morgan fingerprint density at radius 2 is 2.14 bits per heavy atom. The number of pyridine rings is 1. The number of amides is 1. The molecule has 5 nitrogen and oxygen atoms in total. The Balaban J connectivity index is 2.24. The fourth-order valence-electron chi connectivity index (χ4n) is 2.82. The Kier molecular flexibility index (Phi) is 5.82. The molecule has 1 aromatic heterocycles. The van der Waals surface area contributed by atoms with Gasteiger partial charge in [0.25, 0.3) is 5.91 Å². The highest BCUT2D eigenvalue weighted by Crippen LogP contribution is 2.25. The zero-order chi connectivity index (χ0) is 15.2. The summed E-state index contributed by atoms with van der Waals surface area (Å²) in [6, 6.07) is 3.58. The zero-order valence-electron chi connectivity index (χ0n) is 12.3. The van der Waals surface area contributed by atoms with Gasteiger partial charge in [0.05, 0.1) is 11.6 Å². The second kappa shape index (κ2) is 7.61. The molecule has 1 aromatic rings. The zero-order valence-corrected chi connectivity index (χ0v) is 13.1. The molecule has 1 heterocycles. The molecular formula is C15H22ClN3O2. The Morgan fingerprint density at radius 1 is 1.43 bits per heavy atom. The number of nitrogens with zero attached hydrogens (tertiary/aromatic N) is 2. The van der Waals surface area contributed by atoms with Crippen LogP contribution in [0.25, 0.3) is 0 Å². The molecule has 1 aliphatic rings. The SMILES string of the molecule is CNc1ccc(Cl)c(C(=O)N(CCO)C2CCCCC2)n1. The minimum Gasteiger partial charge on any atom is -0.395 e. The first kappa shape index (κ1) is 16.0. The summed E-state index contributed by atoms with van der Waals surface area (Å²) in [5, 5.41) is 12.5. The van der Waals surface area contributed by atoms with Gasteiger partial charge in [0, 0.05) is 19.6 Å². The van der Waals surface area contributed by atoms with E-state index in [1.54, 1.807) is 24.1 Å². The number of aliphatic hydroxyl groups excluding tert-OH is 1. The van der Waals surface area contributed by atoms with E-state index in [4.69, 9.17) is 11.6 Å². The molecule has 0 radical (unpaired) electrons. The number of hydrogen-bond donors (Lipinski definition) is 2. The number of nitrogens with one attached hydrogen (secondary N) is 1. The normalized spacial score (nSPS) is 15.8. The fraction of sp³-hybridized carbons (Fsp3) is 0.600. The summed E-state index contributed by atoms with van der Waals surface area (Å²) in [4.78, 5) is 18.8. The number of halogens is 1. The summed E-state index contributed by atoms with van der Waals surface area (Å²) in [5.41, 5.74) is 0.252. The van der Waals surface area contributed by atoms with Gasteiger partial charge in [-0.2, -0.15) is 0 Å². The highest BCUT2D eigenvalue weighted by Gasteiger charge is 2.28. The van der Waals surface area contributed by atoms with E-state index in [-0.39, 0.29) is 24.2 Å². The average Bonchev–Trinajstić information content (AvgIpc) is 2.53. The van der Waals surface area contributed by atoms with Crippen molar-refractivity contribution < 1.29 is 9.90 Å². The quantitative estimate of drug-likeness (QED) is 0.877. The monoisotopic (exact) mass is 311 g/mol. The first-order valence-electron chi connectivity index (χ1n) is 7.43. The topological polar surface area (TPSA) is 65.5 Å². The maximum absolute atomic E-state index is 12.8. The summed E-state index contributed by atoms with van der Waals surface area (Å²) in [6.07, 6.45) is 5.42. The van der Waals surface area contributed by atoms with Crippen LogP contribution in [-0.4, -0.2) is 47.1 Å². The van der Waals surface area contributed by atoms with E-state index in [0.717, 1.165) is 25.7 Å². The first-order chi connectivity index (χ1) is 10.2. The van der Waals surface area contributed by atoms with Gasteiger partial charge >= 0.3 is 0 Å². The predicted molar refractivity (Wildman–Crippen MR) is 83.8 cm³/mol. The lowest BCUT2D eigenvalue weighted by Gasteiger charge is -2.34. The smallest absolute Gasteiger partial charge is 0.274 e. The summed E-state index contributed by atoms with van der Waals surface area (Å²) in [5.74, 6) is 0.411. The molecule has 1 amide bonds. The minimum atomic E-state index is -0.196. The van der Waals surface area contributed by atoms with Crippen LogP contribution in [-0.2, 0) is 0 Å². The van der Waals surface area contributed by atoms with E-state index in [1.165, 1.54) is 6.42 Å². The molecule has 0 aliphatic heterocycles. The predicted octanol–water partition coefficient (Wildman–Crippen LogP) is 2.54. The number of carbonyl (C=O) groups is 1. The average molecular weight is 312 g/mol. The molecular weight excluding hydrogens is 290 g/mol. The lowest BCUT2D eigenvalue weighted by Crippen LogP contribution is -2.43. The molecule has 21 heavy (non-hydrogen) atoms. The van der Waals surface area contributed by atoms with E-state index in [0.29, 0.717) is 17.4 Å². The Labute approximate surface area is 130 Å². The van der Waals surface area contributed by atoms with Crippen molar-refractivity contribution in [3.63, 3.8) is 0 Å². The van der Waals surface area contributed by atoms with E-state index < -0.39 is 0 Å². The van der Waals surface area contributed by atoms with Crippen LogP contribution >= 0.6 is 11.6 Å². The molecule has 0 spiro atoms. The van der Waals surface area contributed by atoms with Crippen LogP contribution in [0.3, 0.4) is 0 Å². The van der Waals surface area contributed by atoms with Gasteiger partial charge < -0.3 is 15.3 Å². The molecule has 1 fully saturated rings. The molecule has 6 heteroatoms. The van der Waals surface area contributed by atoms with Gasteiger partial charge in [0.1, 0.15) is 11.5 Å². The van der Waals surface area contributed by atoms with Crippen LogP contribution < -0.4 is 5.32 Å². The summed E-state index contributed by atoms with van der Waals surface area (Å²) in [6.45, 7) is 0.275. The number of aromatic nitrogens is 1. The van der Waals surface area contributed by atoms with Crippen molar-refractivity contribution in [1.29, 1.82) is 0 Å². The van der Waals surface area contributed by atoms with Crippen molar-refractivity contribution in [2.75, 3.05) is 25.5 Å². The van der Waals surface area contributed by atoms with Crippen LogP contribution in [0, 0.1) is 0 Å². The number of carbonyl (C=O) groups excluding carboxylic acids is 1. The molecule has 2 rings (SSSR count). The van der Waals surface area contributed by atoms with Crippen molar-refractivity contribution in [2.45, 2.75) is 38.1 Å². The Hall–Kier alpha value is -1.33. The molecule has 0 saturated heterocycles. The largest absolute Gasteiger partial charge is 0.395 e. The van der Waals surface area contributed by atoms with E-state index in [9.17, 15) is 9.90 Å². The molecule has 0 aromatic carbocycles. The lowest BCUT2D eigenvalue weighted by atomic mass is 9.94. The standard InChI is InChI=1S/C15H22ClN3O2/c1-17-13-8-7-12(16)14(18-13)15(21)19(9-10-20)11-5-3-2-4-6-11/h7-8,11,20H,2-6,9-10H2,1H3,(H,17,18). The molecule has 0 unspecified atom stereocenters. The Morgan fingerprint density at radius 3 is 2.76 bits per heavy atom. The number of rotatable bonds is 5. The number of aliphatic hydroxyl groups is 1. The van der Waals surface area contributed by atoms with Crippen LogP contribution in [0.4, 0.5) is 5.82 Å². The van der Waals surface area contributed by atoms with Crippen molar-refractivity contribution in [1.82, 2.24) is 9.88 Å². The van der Waals surface area contributed by atoms with Gasteiger partial charge in [-0.25, -0.2) is 4.98 Å². The number of anilines is 1. The van der Waals surface area contributed by atoms with E-state index in [2.05, 4.69) is 10.3 Å². The Bertz CT molecular complexity index is 490. The van der Waals surface area contributed by atoms with Gasteiger partial charge in [-0.05, 0) is 25.0 Å². The van der Waals surface area contributed by atoms with Crippen LogP contribution in [0.1, 0.15) is 42.6 Å². The first-order valence-corrected chi connectivity index (χ1v) is 7.81. The summed E-state index contributed by atoms with van der Waals surface area (Å²) >= 11 is 6.13. The summed E-state index contributed by atoms with van der Waals surface area (Å²) in [7, 11) is 1.75. The molecule has 1 saturated carbocycles. The highest BCUT2D eigenvalue weighted by molar-refractivity contribution is 6.33. The van der Waals surface area contributed by atoms with Crippen molar-refractivity contribution in [3.8, 4) is 0 Å². The van der Waals surface area contributed by atoms with Crippen LogP contribution in [0.2, 0.25) is 5.02 Å². The van der Waals surface area contributed by atoms with Gasteiger partial charge in [-0.15, -0.1) is 0 Å². The second-order valence-corrected chi connectivity index (χ2v) is 5.70. The minimum absolute atomic E-state index is 0.0500. The van der Waals surface area contributed by atoms with Crippen LogP contribution in [0.5, 0.6) is 0 Å². The van der Waals surface area contributed by atoms with Crippen molar-refractivity contribution in [3.05, 3.63) is 22.8 Å². The van der Waals surface area contributed by atoms with E-state index >= 15 is 0 Å². The molecule has 1 aliphatic carbocycles. The molecule has 2 N–H and O–H groups in total. The third kappa shape index (κ3) is 3.86. The highest BCUT2D eigenvalue weighted by atomic mass is 35.5. The molecule has 0 atom stereocenters.